The van der Waals surface area contributed by atoms with Crippen LogP contribution < -0.4 is 9.47 Å². The number of rotatable bonds is 8. The number of hydrogen-bond acceptors (Lipinski definition) is 7. The highest BCUT2D eigenvalue weighted by Gasteiger charge is 2.63. The van der Waals surface area contributed by atoms with Crippen LogP contribution in [0.1, 0.15) is 42.1 Å². The van der Waals surface area contributed by atoms with Gasteiger partial charge in [-0.1, -0.05) is 23.7 Å². The van der Waals surface area contributed by atoms with Crippen LogP contribution in [0.15, 0.2) is 42.5 Å². The fourth-order valence-electron chi connectivity index (χ4n) is 3.70. The Bertz CT molecular complexity index is 983. The van der Waals surface area contributed by atoms with Crippen LogP contribution in [0, 0.1) is 0 Å². The summed E-state index contributed by atoms with van der Waals surface area (Å²) in [6.07, 6.45) is -0.231. The Balaban J connectivity index is 2.12. The largest absolute Gasteiger partial charge is 0.496 e. The Morgan fingerprint density at radius 1 is 1.03 bits per heavy atom. The van der Waals surface area contributed by atoms with Crippen LogP contribution in [-0.4, -0.2) is 43.6 Å². The van der Waals surface area contributed by atoms with Gasteiger partial charge in [0.2, 0.25) is 0 Å². The summed E-state index contributed by atoms with van der Waals surface area (Å²) in [6.45, 7) is 3.27. The molecule has 3 rings (SSSR count). The first-order valence-electron chi connectivity index (χ1n) is 9.88. The Morgan fingerprint density at radius 3 is 2.29 bits per heavy atom. The zero-order valence-corrected chi connectivity index (χ0v) is 18.2. The molecule has 1 atom stereocenters. The summed E-state index contributed by atoms with van der Waals surface area (Å²) in [6, 6.07) is 11.4. The lowest BCUT2D eigenvalue weighted by atomic mass is 9.79. The molecule has 0 saturated heterocycles. The highest BCUT2D eigenvalue weighted by atomic mass is 35.5. The number of Topliss-reactive ketones (excluding diaryl/α,β-unsaturated/α-hetero) is 1. The number of ketones is 1. The maximum Gasteiger partial charge on any atom is 0.363 e. The smallest absolute Gasteiger partial charge is 0.363 e. The minimum Gasteiger partial charge on any atom is -0.496 e. The Labute approximate surface area is 185 Å². The van der Waals surface area contributed by atoms with Crippen molar-refractivity contribution in [1.82, 2.24) is 0 Å². The number of hydrogen-bond donors (Lipinski definition) is 0. The Morgan fingerprint density at radius 2 is 1.68 bits per heavy atom. The molecule has 0 aliphatic carbocycles. The topological polar surface area (TPSA) is 88.1 Å². The van der Waals surface area contributed by atoms with Crippen molar-refractivity contribution in [3.05, 3.63) is 58.6 Å². The first kappa shape index (κ1) is 22.6. The summed E-state index contributed by atoms with van der Waals surface area (Å²) in [7, 11) is 1.46. The van der Waals surface area contributed by atoms with Gasteiger partial charge in [0.05, 0.1) is 31.8 Å². The summed E-state index contributed by atoms with van der Waals surface area (Å²) in [4.78, 5) is 39.4. The maximum absolute atomic E-state index is 13.3. The van der Waals surface area contributed by atoms with Gasteiger partial charge in [0.15, 0.2) is 5.78 Å². The second-order valence-corrected chi connectivity index (χ2v) is 7.28. The summed E-state index contributed by atoms with van der Waals surface area (Å²) in [5, 5.41) is 0.376. The van der Waals surface area contributed by atoms with Gasteiger partial charge < -0.3 is 18.9 Å². The minimum absolute atomic E-state index is 0.0215. The van der Waals surface area contributed by atoms with Gasteiger partial charge in [0, 0.05) is 17.0 Å². The zero-order valence-electron chi connectivity index (χ0n) is 17.5. The minimum atomic E-state index is -2.16. The molecule has 164 valence electrons. The molecule has 0 bridgehead atoms. The molecule has 7 nitrogen and oxygen atoms in total. The number of fused-ring (bicyclic) bond motifs is 1. The highest BCUT2D eigenvalue weighted by Crippen LogP contribution is 2.49. The van der Waals surface area contributed by atoms with Gasteiger partial charge in [-0.15, -0.1) is 0 Å². The monoisotopic (exact) mass is 446 g/mol. The molecule has 1 aliphatic rings. The highest BCUT2D eigenvalue weighted by molar-refractivity contribution is 6.30. The molecule has 2 aromatic rings. The molecule has 0 aromatic heterocycles. The molecule has 8 heteroatoms. The summed E-state index contributed by atoms with van der Waals surface area (Å²) >= 11 is 6.17. The van der Waals surface area contributed by atoms with Gasteiger partial charge in [-0.3, -0.25) is 4.79 Å². The number of carbonyl (C=O) groups is 3. The third kappa shape index (κ3) is 4.10. The number of esters is 2. The third-order valence-electron chi connectivity index (χ3n) is 5.06. The second-order valence-electron chi connectivity index (χ2n) is 6.84. The summed E-state index contributed by atoms with van der Waals surface area (Å²) in [5.74, 6) is -2.52. The molecule has 0 spiro atoms. The maximum atomic E-state index is 13.3. The normalized spacial score (nSPS) is 16.1. The van der Waals surface area contributed by atoms with E-state index in [1.807, 2.05) is 0 Å². The van der Waals surface area contributed by atoms with Crippen molar-refractivity contribution in [2.75, 3.05) is 20.3 Å². The quantitative estimate of drug-likeness (QED) is 0.344. The number of ether oxygens (including phenoxy) is 4. The van der Waals surface area contributed by atoms with E-state index in [-0.39, 0.29) is 31.2 Å². The van der Waals surface area contributed by atoms with Crippen molar-refractivity contribution >= 4 is 29.3 Å². The van der Waals surface area contributed by atoms with Crippen molar-refractivity contribution in [2.45, 2.75) is 31.8 Å². The lowest BCUT2D eigenvalue weighted by Crippen LogP contribution is -2.55. The van der Waals surface area contributed by atoms with E-state index in [0.29, 0.717) is 21.9 Å². The lowest BCUT2D eigenvalue weighted by Gasteiger charge is -2.29. The first-order valence-corrected chi connectivity index (χ1v) is 10.3. The van der Waals surface area contributed by atoms with E-state index in [2.05, 4.69) is 0 Å². The number of methoxy groups -OCH3 is 1. The third-order valence-corrected chi connectivity index (χ3v) is 5.30. The first-order chi connectivity index (χ1) is 14.9. The van der Waals surface area contributed by atoms with E-state index in [1.54, 1.807) is 56.3 Å². The van der Waals surface area contributed by atoms with Crippen LogP contribution in [0.4, 0.5) is 0 Å². The van der Waals surface area contributed by atoms with Crippen molar-refractivity contribution in [3.8, 4) is 11.5 Å². The molecule has 1 unspecified atom stereocenters. The molecule has 0 N–H and O–H groups in total. The molecule has 0 fully saturated rings. The van der Waals surface area contributed by atoms with Crippen LogP contribution in [-0.2, 0) is 19.1 Å². The number of carbonyl (C=O) groups excluding carboxylic acids is 3. The predicted octanol–water partition coefficient (Wildman–Crippen LogP) is 3.96. The van der Waals surface area contributed by atoms with Crippen LogP contribution in [0.3, 0.4) is 0 Å². The van der Waals surface area contributed by atoms with E-state index in [9.17, 15) is 14.4 Å². The predicted molar refractivity (Wildman–Crippen MR) is 113 cm³/mol. The molecule has 2 aromatic carbocycles. The standard InChI is InChI=1S/C23H23ClO7/c1-4-29-21(26)23(22(27)30-5-2)17(16-12-14(24)10-11-20(16)31-23)13-18(25)15-8-6-7-9-19(15)28-3/h6-12,17H,4-5,13H2,1-3H3. The van der Waals surface area contributed by atoms with E-state index >= 15 is 0 Å². The van der Waals surface area contributed by atoms with E-state index in [0.717, 1.165) is 0 Å². The van der Waals surface area contributed by atoms with Gasteiger partial charge in [-0.2, -0.15) is 0 Å². The van der Waals surface area contributed by atoms with Crippen LogP contribution in [0.2, 0.25) is 5.02 Å². The van der Waals surface area contributed by atoms with Gasteiger partial charge >= 0.3 is 17.5 Å². The van der Waals surface area contributed by atoms with Gasteiger partial charge in [-0.25, -0.2) is 9.59 Å². The number of benzene rings is 2. The van der Waals surface area contributed by atoms with Crippen LogP contribution >= 0.6 is 11.6 Å². The Hall–Kier alpha value is -3.06. The molecule has 1 aliphatic heterocycles. The van der Waals surface area contributed by atoms with Crippen molar-refractivity contribution in [2.24, 2.45) is 0 Å². The van der Waals surface area contributed by atoms with E-state index in [1.165, 1.54) is 7.11 Å². The molecule has 1 heterocycles. The average Bonchev–Trinajstić information content (AvgIpc) is 3.08. The van der Waals surface area contributed by atoms with Gasteiger partial charge in [-0.05, 0) is 44.2 Å². The molecule has 0 radical (unpaired) electrons. The Kier molecular flexibility index (Phi) is 6.85. The lowest BCUT2D eigenvalue weighted by molar-refractivity contribution is -0.180. The molecular formula is C23H23ClO7. The van der Waals surface area contributed by atoms with Crippen LogP contribution in [0.25, 0.3) is 0 Å². The van der Waals surface area contributed by atoms with Crippen LogP contribution in [0.5, 0.6) is 11.5 Å². The zero-order chi connectivity index (χ0) is 22.6. The fourth-order valence-corrected chi connectivity index (χ4v) is 3.88. The fraction of sp³-hybridized carbons (Fsp3) is 0.348. The van der Waals surface area contributed by atoms with Gasteiger partial charge in [0.25, 0.3) is 0 Å². The molecular weight excluding hydrogens is 424 g/mol. The number of halogens is 1. The molecule has 31 heavy (non-hydrogen) atoms. The summed E-state index contributed by atoms with van der Waals surface area (Å²) < 4.78 is 21.6. The van der Waals surface area contributed by atoms with E-state index in [4.69, 9.17) is 30.5 Å². The SMILES string of the molecule is CCOC(=O)C1(C(=O)OCC)Oc2ccc(Cl)cc2C1CC(=O)c1ccccc1OC. The number of para-hydroxylation sites is 1. The average molecular weight is 447 g/mol. The van der Waals surface area contributed by atoms with Crippen molar-refractivity contribution in [3.63, 3.8) is 0 Å². The molecule has 0 amide bonds. The summed E-state index contributed by atoms with van der Waals surface area (Å²) in [5.41, 5.74) is -1.38. The van der Waals surface area contributed by atoms with Crippen molar-refractivity contribution < 1.29 is 33.3 Å². The van der Waals surface area contributed by atoms with Crippen molar-refractivity contribution in [1.29, 1.82) is 0 Å². The molecule has 0 saturated carbocycles. The second kappa shape index (κ2) is 9.39. The van der Waals surface area contributed by atoms with Gasteiger partial charge in [0.1, 0.15) is 11.5 Å². The van der Waals surface area contributed by atoms with E-state index < -0.39 is 23.5 Å².